The largest absolute Gasteiger partial charge is 0.433 e. The highest BCUT2D eigenvalue weighted by Gasteiger charge is 2.35. The Balaban J connectivity index is 2.24. The molecule has 90 valence electrons. The van der Waals surface area contributed by atoms with Crippen molar-refractivity contribution in [2.75, 3.05) is 0 Å². The number of hydrogen-bond donors (Lipinski definition) is 0. The van der Waals surface area contributed by atoms with Crippen molar-refractivity contribution >= 4 is 34.8 Å². The molecule has 1 aromatic heterocycles. The van der Waals surface area contributed by atoms with Gasteiger partial charge in [0, 0.05) is 11.1 Å². The molecular weight excluding hydrogens is 277 g/mol. The second-order valence-electron chi connectivity index (χ2n) is 3.73. The van der Waals surface area contributed by atoms with E-state index in [1.165, 1.54) is 0 Å². The highest BCUT2D eigenvalue weighted by Crippen LogP contribution is 2.31. The van der Waals surface area contributed by atoms with Gasteiger partial charge in [-0.2, -0.15) is 0 Å². The van der Waals surface area contributed by atoms with E-state index in [1.807, 2.05) is 0 Å². The van der Waals surface area contributed by atoms with Gasteiger partial charge in [0.25, 0.3) is 0 Å². The molecule has 0 radical (unpaired) electrons. The predicted octanol–water partition coefficient (Wildman–Crippen LogP) is 2.93. The maximum Gasteiger partial charge on any atom is 0.231 e. The van der Waals surface area contributed by atoms with Gasteiger partial charge in [-0.1, -0.05) is 47.5 Å². The number of halogens is 2. The second kappa shape index (κ2) is 3.93. The lowest BCUT2D eigenvalue weighted by Gasteiger charge is -2.10. The van der Waals surface area contributed by atoms with E-state index in [0.717, 1.165) is 0 Å². The molecule has 3 rings (SSSR count). The number of fused-ring (bicyclic) bond motifs is 2. The van der Waals surface area contributed by atoms with Crippen LogP contribution in [-0.4, -0.2) is 16.6 Å². The molecule has 0 saturated heterocycles. The minimum atomic E-state index is -1.01. The molecule has 1 aliphatic rings. The lowest BCUT2D eigenvalue weighted by molar-refractivity contribution is 0.0958. The normalized spacial score (nSPS) is 13.7. The van der Waals surface area contributed by atoms with Gasteiger partial charge in [0.15, 0.2) is 10.5 Å². The molecule has 0 spiro atoms. The summed E-state index contributed by atoms with van der Waals surface area (Å²) in [5.41, 5.74) is 0.592. The fourth-order valence-electron chi connectivity index (χ4n) is 1.87. The van der Waals surface area contributed by atoms with E-state index in [4.69, 9.17) is 27.6 Å². The van der Waals surface area contributed by atoms with Crippen molar-refractivity contribution in [2.24, 2.45) is 0 Å². The Morgan fingerprint density at radius 1 is 1.06 bits per heavy atom. The van der Waals surface area contributed by atoms with Crippen LogP contribution in [0.5, 0.6) is 0 Å². The fourth-order valence-corrected chi connectivity index (χ4v) is 2.05. The molecular formula is C12H5Cl2NO3. The number of alkyl halides is 2. The van der Waals surface area contributed by atoms with Crippen LogP contribution in [0.25, 0.3) is 0 Å². The molecule has 4 nitrogen and oxygen atoms in total. The number of benzene rings is 1. The Bertz CT molecular complexity index is 623. The zero-order valence-corrected chi connectivity index (χ0v) is 10.3. The van der Waals surface area contributed by atoms with E-state index in [1.54, 1.807) is 24.3 Å². The average Bonchev–Trinajstić information content (AvgIpc) is 2.81. The van der Waals surface area contributed by atoms with Crippen LogP contribution in [0.3, 0.4) is 0 Å². The van der Waals surface area contributed by atoms with Gasteiger partial charge >= 0.3 is 0 Å². The summed E-state index contributed by atoms with van der Waals surface area (Å²) in [5, 5.41) is 0. The SMILES string of the molecule is O=C1c2ccccc2C(=O)c2oc(C(Cl)Cl)nc21. The first kappa shape index (κ1) is 11.4. The van der Waals surface area contributed by atoms with Crippen molar-refractivity contribution in [1.82, 2.24) is 4.98 Å². The van der Waals surface area contributed by atoms with E-state index in [2.05, 4.69) is 4.98 Å². The molecule has 1 aliphatic carbocycles. The summed E-state index contributed by atoms with van der Waals surface area (Å²) in [6.07, 6.45) is 0. The first-order valence-corrected chi connectivity index (χ1v) is 5.94. The summed E-state index contributed by atoms with van der Waals surface area (Å²) in [7, 11) is 0. The quantitative estimate of drug-likeness (QED) is 0.644. The zero-order valence-electron chi connectivity index (χ0n) is 8.81. The Hall–Kier alpha value is -1.65. The summed E-state index contributed by atoms with van der Waals surface area (Å²) in [5.74, 6) is -0.880. The van der Waals surface area contributed by atoms with Gasteiger partial charge in [-0.15, -0.1) is 0 Å². The maximum absolute atomic E-state index is 12.1. The highest BCUT2D eigenvalue weighted by atomic mass is 35.5. The standard InChI is InChI=1S/C12H5Cl2NO3/c13-11(14)12-15-7-8(16)5-3-1-2-4-6(5)9(17)10(7)18-12/h1-4,11H. The number of ketones is 2. The molecule has 0 aliphatic heterocycles. The number of hydrogen-bond acceptors (Lipinski definition) is 4. The third kappa shape index (κ3) is 1.50. The molecule has 18 heavy (non-hydrogen) atoms. The number of aromatic nitrogens is 1. The Morgan fingerprint density at radius 2 is 1.67 bits per heavy atom. The van der Waals surface area contributed by atoms with E-state index in [9.17, 15) is 9.59 Å². The molecule has 1 heterocycles. The summed E-state index contributed by atoms with van der Waals surface area (Å²) >= 11 is 11.2. The summed E-state index contributed by atoms with van der Waals surface area (Å²) in [4.78, 5) is 27.1. The van der Waals surface area contributed by atoms with Crippen molar-refractivity contribution < 1.29 is 14.0 Å². The fraction of sp³-hybridized carbons (Fsp3) is 0.0833. The van der Waals surface area contributed by atoms with Crippen LogP contribution in [0.1, 0.15) is 42.9 Å². The third-order valence-electron chi connectivity index (χ3n) is 2.67. The lowest BCUT2D eigenvalue weighted by atomic mass is 9.91. The number of nitrogens with zero attached hydrogens (tertiary/aromatic N) is 1. The molecule has 0 fully saturated rings. The molecule has 0 N–H and O–H groups in total. The van der Waals surface area contributed by atoms with Crippen LogP contribution >= 0.6 is 23.2 Å². The van der Waals surface area contributed by atoms with E-state index < -0.39 is 4.84 Å². The minimum Gasteiger partial charge on any atom is -0.433 e. The number of carbonyl (C=O) groups is 2. The number of rotatable bonds is 1. The molecule has 6 heteroatoms. The Labute approximate surface area is 112 Å². The molecule has 0 saturated carbocycles. The first-order valence-electron chi connectivity index (χ1n) is 5.07. The van der Waals surface area contributed by atoms with Gasteiger partial charge in [-0.3, -0.25) is 9.59 Å². The maximum atomic E-state index is 12.1. The van der Waals surface area contributed by atoms with E-state index in [0.29, 0.717) is 11.1 Å². The van der Waals surface area contributed by atoms with E-state index >= 15 is 0 Å². The molecule has 0 unspecified atom stereocenters. The van der Waals surface area contributed by atoms with Crippen LogP contribution in [0.15, 0.2) is 28.7 Å². The molecule has 0 atom stereocenters. The Kier molecular flexibility index (Phi) is 2.50. The predicted molar refractivity (Wildman–Crippen MR) is 64.3 cm³/mol. The van der Waals surface area contributed by atoms with Crippen LogP contribution in [0.2, 0.25) is 0 Å². The first-order chi connectivity index (χ1) is 8.59. The second-order valence-corrected chi connectivity index (χ2v) is 4.83. The topological polar surface area (TPSA) is 60.2 Å². The molecule has 2 aromatic rings. The van der Waals surface area contributed by atoms with Crippen LogP contribution < -0.4 is 0 Å². The molecule has 0 bridgehead atoms. The van der Waals surface area contributed by atoms with Gasteiger partial charge in [0.1, 0.15) is 0 Å². The Morgan fingerprint density at radius 3 is 2.28 bits per heavy atom. The van der Waals surface area contributed by atoms with Gasteiger partial charge in [-0.25, -0.2) is 4.98 Å². The average molecular weight is 282 g/mol. The third-order valence-corrected chi connectivity index (χ3v) is 3.04. The molecule has 0 amide bonds. The lowest BCUT2D eigenvalue weighted by Crippen LogP contribution is -2.19. The number of carbonyl (C=O) groups excluding carboxylic acids is 2. The van der Waals surface area contributed by atoms with Crippen molar-refractivity contribution in [3.63, 3.8) is 0 Å². The van der Waals surface area contributed by atoms with Crippen LogP contribution in [0, 0.1) is 0 Å². The summed E-state index contributed by atoms with van der Waals surface area (Å²) in [6.45, 7) is 0. The van der Waals surface area contributed by atoms with Crippen LogP contribution in [-0.2, 0) is 0 Å². The number of oxazole rings is 1. The summed E-state index contributed by atoms with van der Waals surface area (Å²) in [6, 6.07) is 6.51. The minimum absolute atomic E-state index is 0.0278. The summed E-state index contributed by atoms with van der Waals surface area (Å²) < 4.78 is 5.16. The zero-order chi connectivity index (χ0) is 12.9. The van der Waals surface area contributed by atoms with Gasteiger partial charge in [0.05, 0.1) is 0 Å². The van der Waals surface area contributed by atoms with Gasteiger partial charge < -0.3 is 4.42 Å². The van der Waals surface area contributed by atoms with Crippen LogP contribution in [0.4, 0.5) is 0 Å². The monoisotopic (exact) mass is 281 g/mol. The van der Waals surface area contributed by atoms with Gasteiger partial charge in [-0.05, 0) is 0 Å². The van der Waals surface area contributed by atoms with Gasteiger partial charge in [0.2, 0.25) is 23.2 Å². The highest BCUT2D eigenvalue weighted by molar-refractivity contribution is 6.43. The van der Waals surface area contributed by atoms with E-state index in [-0.39, 0.29) is 28.9 Å². The molecule has 1 aromatic carbocycles. The smallest absolute Gasteiger partial charge is 0.231 e. The van der Waals surface area contributed by atoms with Crippen molar-refractivity contribution in [3.8, 4) is 0 Å². The van der Waals surface area contributed by atoms with Crippen molar-refractivity contribution in [2.45, 2.75) is 4.84 Å². The van der Waals surface area contributed by atoms with Crippen molar-refractivity contribution in [3.05, 3.63) is 52.7 Å². The van der Waals surface area contributed by atoms with Crippen molar-refractivity contribution in [1.29, 1.82) is 0 Å².